The number of aryl methyl sites for hydroxylation is 3. The van der Waals surface area contributed by atoms with E-state index in [-0.39, 0.29) is 138 Å². The van der Waals surface area contributed by atoms with Crippen LogP contribution in [-0.4, -0.2) is 179 Å². The summed E-state index contributed by atoms with van der Waals surface area (Å²) in [6, 6.07) is 6.71. The quantitative estimate of drug-likeness (QED) is 0.0130. The molecule has 28 heteroatoms. The smallest absolute Gasteiger partial charge is 0.328 e. The van der Waals surface area contributed by atoms with Gasteiger partial charge in [-0.3, -0.25) is 53.0 Å². The zero-order valence-electron chi connectivity index (χ0n) is 47.4. The van der Waals surface area contributed by atoms with Gasteiger partial charge in [-0.2, -0.15) is 12.6 Å². The van der Waals surface area contributed by atoms with E-state index in [0.717, 1.165) is 10.5 Å². The SMILES string of the molecule is C=C1CC2C=Nc3cc(OCCCC(=O)Nc4cc(C(=O)Nc5cc(C(=O)Nc6cc(C(=O)NCCCOC(=O)[C@H](C)NC(=O)CCOCCOCCNC(=O)CCN7C(=O)CC(S)C7=O)n(C)c6)n(C)c5)n(C)c4)c(OC)cc3C(=O)N2C1. The van der Waals surface area contributed by atoms with Crippen molar-refractivity contribution in [2.24, 2.45) is 26.1 Å². The molecule has 2 saturated heterocycles. The molecule has 0 spiro atoms. The van der Waals surface area contributed by atoms with Gasteiger partial charge < -0.3 is 74.2 Å². The zero-order valence-corrected chi connectivity index (χ0v) is 48.3. The van der Waals surface area contributed by atoms with E-state index in [2.05, 4.69) is 56.1 Å². The second kappa shape index (κ2) is 29.5. The maximum Gasteiger partial charge on any atom is 0.328 e. The monoisotopic (exact) mass is 1180 g/mol. The molecular weight excluding hydrogens is 1110 g/mol. The van der Waals surface area contributed by atoms with Crippen molar-refractivity contribution < 1.29 is 71.6 Å². The molecule has 3 atom stereocenters. The maximum atomic E-state index is 13.4. The first kappa shape index (κ1) is 62.8. The highest BCUT2D eigenvalue weighted by Gasteiger charge is 2.37. The molecule has 0 aliphatic carbocycles. The van der Waals surface area contributed by atoms with Crippen molar-refractivity contribution in [3.05, 3.63) is 83.7 Å². The number of thiol groups is 1. The predicted octanol–water partition coefficient (Wildman–Crippen LogP) is 2.65. The number of nitrogens with one attached hydrogen (secondary N) is 6. The third kappa shape index (κ3) is 16.9. The lowest BCUT2D eigenvalue weighted by atomic mass is 10.1. The number of carbonyl (C=O) groups excluding carboxylic acids is 10. The van der Waals surface area contributed by atoms with E-state index in [1.54, 1.807) is 67.5 Å². The average molecular weight is 1180 g/mol. The molecule has 3 aliphatic rings. The molecule has 2 unspecified atom stereocenters. The van der Waals surface area contributed by atoms with E-state index in [4.69, 9.17) is 23.7 Å². The van der Waals surface area contributed by atoms with E-state index >= 15 is 0 Å². The Labute approximate surface area is 489 Å². The van der Waals surface area contributed by atoms with Crippen LogP contribution in [0.3, 0.4) is 0 Å². The number of benzene rings is 1. The van der Waals surface area contributed by atoms with Gasteiger partial charge in [0.2, 0.25) is 29.5 Å². The summed E-state index contributed by atoms with van der Waals surface area (Å²) in [7, 11) is 6.41. The highest BCUT2D eigenvalue weighted by Crippen LogP contribution is 2.38. The number of ether oxygens (including phenoxy) is 5. The standard InChI is InChI=1S/C56H70N12O15S/c1-33-21-38-28-59-40-26-45(44(79-6)25-39(40)54(76)68(38)29-33)82-15-7-9-48(70)61-35-22-42(65(4)30-35)52(74)63-37-24-43(66(5)32-37)53(75)62-36-23-41(64(3)31-36)51(73)58-12-8-16-83-56(78)34(2)60-49(71)11-17-80-19-20-81-18-13-57-47(69)10-14-67-50(72)27-46(84)55(67)77/h22-26,28,30-32,34,38,46,84H,1,7-21,27,29H2,2-6H3,(H,57,69)(H,58,73)(H,60,71)(H,61,70)(H,62,75)(H,63,74)/t34-,38?,46?/m0/s1. The summed E-state index contributed by atoms with van der Waals surface area (Å²) < 4.78 is 32.2. The van der Waals surface area contributed by atoms with Crippen LogP contribution in [0, 0.1) is 0 Å². The van der Waals surface area contributed by atoms with Crippen molar-refractivity contribution in [3.63, 3.8) is 0 Å². The predicted molar refractivity (Wildman–Crippen MR) is 309 cm³/mol. The van der Waals surface area contributed by atoms with Crippen LogP contribution in [0.5, 0.6) is 11.5 Å². The summed E-state index contributed by atoms with van der Waals surface area (Å²) in [4.78, 5) is 134. The second-order valence-electron chi connectivity index (χ2n) is 20.1. The molecule has 1 aromatic carbocycles. The zero-order chi connectivity index (χ0) is 60.6. The van der Waals surface area contributed by atoms with Crippen LogP contribution in [0.1, 0.15) is 93.7 Å². The van der Waals surface area contributed by atoms with Gasteiger partial charge in [0, 0.05) is 104 Å². The Bertz CT molecular complexity index is 3200. The van der Waals surface area contributed by atoms with Crippen molar-refractivity contribution >= 4 is 101 Å². The molecule has 0 radical (unpaired) electrons. The summed E-state index contributed by atoms with van der Waals surface area (Å²) in [6.45, 7) is 7.13. The van der Waals surface area contributed by atoms with Crippen LogP contribution in [0.4, 0.5) is 22.7 Å². The lowest BCUT2D eigenvalue weighted by Crippen LogP contribution is -2.40. The van der Waals surface area contributed by atoms with E-state index in [9.17, 15) is 47.9 Å². The molecule has 3 aromatic heterocycles. The summed E-state index contributed by atoms with van der Waals surface area (Å²) >= 11 is 4.05. The summed E-state index contributed by atoms with van der Waals surface area (Å²) in [5, 5.41) is 15.7. The minimum absolute atomic E-state index is 0.00455. The number of rotatable bonds is 30. The fraction of sp³-hybridized carbons (Fsp3) is 0.446. The minimum Gasteiger partial charge on any atom is -0.493 e. The number of esters is 1. The van der Waals surface area contributed by atoms with Gasteiger partial charge in [0.1, 0.15) is 23.1 Å². The average Bonchev–Trinajstić information content (AvgIpc) is 3.10. The summed E-state index contributed by atoms with van der Waals surface area (Å²) in [5.74, 6) is -3.32. The number of methoxy groups -OCH3 is 1. The van der Waals surface area contributed by atoms with Crippen molar-refractivity contribution in [1.29, 1.82) is 0 Å². The number of aliphatic imine (C=N–C) groups is 1. The molecule has 7 rings (SSSR count). The lowest BCUT2D eigenvalue weighted by Gasteiger charge is -2.20. The van der Waals surface area contributed by atoms with Crippen molar-refractivity contribution in [2.75, 3.05) is 88.9 Å². The minimum atomic E-state index is -0.936. The first-order chi connectivity index (χ1) is 40.2. The molecule has 0 bridgehead atoms. The van der Waals surface area contributed by atoms with Crippen LogP contribution >= 0.6 is 12.6 Å². The van der Waals surface area contributed by atoms with E-state index in [1.165, 1.54) is 41.4 Å². The second-order valence-corrected chi connectivity index (χ2v) is 20.7. The van der Waals surface area contributed by atoms with Crippen LogP contribution < -0.4 is 41.4 Å². The first-order valence-corrected chi connectivity index (χ1v) is 27.7. The molecule has 9 amide bonds. The Morgan fingerprint density at radius 1 is 0.690 bits per heavy atom. The highest BCUT2D eigenvalue weighted by molar-refractivity contribution is 7.81. The van der Waals surface area contributed by atoms with E-state index < -0.39 is 46.8 Å². The number of aromatic nitrogens is 3. The fourth-order valence-electron chi connectivity index (χ4n) is 9.20. The third-order valence-electron chi connectivity index (χ3n) is 13.5. The Hall–Kier alpha value is -8.76. The molecule has 0 saturated carbocycles. The van der Waals surface area contributed by atoms with Crippen molar-refractivity contribution in [1.82, 2.24) is 39.5 Å². The molecule has 27 nitrogen and oxygen atoms in total. The molecule has 6 N–H and O–H groups in total. The number of amides is 9. The Balaban J connectivity index is 0.739. The van der Waals surface area contributed by atoms with Gasteiger partial charge >= 0.3 is 5.97 Å². The summed E-state index contributed by atoms with van der Waals surface area (Å²) in [5.41, 5.74) is 3.58. The maximum absolute atomic E-state index is 13.4. The number of hydrogen-bond donors (Lipinski definition) is 7. The van der Waals surface area contributed by atoms with Gasteiger partial charge in [0.05, 0.1) is 86.4 Å². The van der Waals surface area contributed by atoms with Gasteiger partial charge in [-0.1, -0.05) is 12.2 Å². The molecule has 3 aliphatic heterocycles. The van der Waals surface area contributed by atoms with Crippen LogP contribution in [0.2, 0.25) is 0 Å². The number of anilines is 3. The topological polar surface area (TPSA) is 323 Å². The lowest BCUT2D eigenvalue weighted by molar-refractivity contribution is -0.147. The first-order valence-electron chi connectivity index (χ1n) is 27.2. The summed E-state index contributed by atoms with van der Waals surface area (Å²) in [6.07, 6.45) is 7.85. The number of carbonyl (C=O) groups is 10. The molecule has 4 aromatic rings. The Morgan fingerprint density at radius 3 is 1.95 bits per heavy atom. The van der Waals surface area contributed by atoms with Crippen LogP contribution in [0.15, 0.2) is 66.1 Å². The molecule has 2 fully saturated rings. The van der Waals surface area contributed by atoms with Crippen LogP contribution in [0.25, 0.3) is 0 Å². The van der Waals surface area contributed by atoms with Gasteiger partial charge in [-0.15, -0.1) is 0 Å². The Morgan fingerprint density at radius 2 is 1.32 bits per heavy atom. The highest BCUT2D eigenvalue weighted by atomic mass is 32.1. The van der Waals surface area contributed by atoms with Gasteiger partial charge in [-0.05, 0) is 50.5 Å². The molecular formula is C56H70N12O15S. The number of likely N-dealkylation sites (tertiary alicyclic amines) is 1. The fourth-order valence-corrected chi connectivity index (χ4v) is 9.49. The largest absolute Gasteiger partial charge is 0.493 e. The van der Waals surface area contributed by atoms with Gasteiger partial charge in [0.15, 0.2) is 11.5 Å². The third-order valence-corrected chi connectivity index (χ3v) is 14.0. The van der Waals surface area contributed by atoms with Crippen molar-refractivity contribution in [3.8, 4) is 11.5 Å². The Kier molecular flexibility index (Phi) is 22.0. The van der Waals surface area contributed by atoms with Crippen molar-refractivity contribution in [2.45, 2.75) is 69.2 Å². The number of imide groups is 1. The van der Waals surface area contributed by atoms with Crippen LogP contribution in [-0.2, 0) is 64.1 Å². The number of hydrogen-bond acceptors (Lipinski definition) is 17. The molecule has 84 heavy (non-hydrogen) atoms. The molecule has 6 heterocycles. The number of fused-ring (bicyclic) bond motifs is 2. The molecule has 450 valence electrons. The van der Waals surface area contributed by atoms with Gasteiger partial charge in [-0.25, -0.2) is 4.79 Å². The van der Waals surface area contributed by atoms with E-state index in [0.29, 0.717) is 59.2 Å². The van der Waals surface area contributed by atoms with Gasteiger partial charge in [0.25, 0.3) is 23.6 Å². The number of nitrogens with zero attached hydrogens (tertiary/aromatic N) is 6. The van der Waals surface area contributed by atoms with E-state index in [1.807, 2.05) is 0 Å². The normalized spacial score (nSPS) is 15.7.